The van der Waals surface area contributed by atoms with E-state index in [9.17, 15) is 9.18 Å². The van der Waals surface area contributed by atoms with Crippen molar-refractivity contribution in [3.05, 3.63) is 35.6 Å². The number of hydrogen-bond acceptors (Lipinski definition) is 3. The fraction of sp³-hybridized carbons (Fsp3) is 0.417. The lowest BCUT2D eigenvalue weighted by Crippen LogP contribution is -2.31. The van der Waals surface area contributed by atoms with Gasteiger partial charge in [0.1, 0.15) is 5.82 Å². The van der Waals surface area contributed by atoms with E-state index in [2.05, 4.69) is 5.32 Å². The van der Waals surface area contributed by atoms with Gasteiger partial charge in [-0.25, -0.2) is 4.39 Å². The van der Waals surface area contributed by atoms with E-state index in [0.717, 1.165) is 5.56 Å². The SMILES string of the molecule is COC(CN)CC(=O)NCc1ccc(F)cc1.Cl. The third-order valence-electron chi connectivity index (χ3n) is 2.41. The van der Waals surface area contributed by atoms with E-state index < -0.39 is 0 Å². The molecule has 4 nitrogen and oxygen atoms in total. The third kappa shape index (κ3) is 5.95. The molecule has 0 radical (unpaired) electrons. The zero-order valence-electron chi connectivity index (χ0n) is 10.2. The molecule has 0 saturated carbocycles. The second-order valence-electron chi connectivity index (χ2n) is 3.70. The summed E-state index contributed by atoms with van der Waals surface area (Å²) in [5, 5.41) is 2.72. The monoisotopic (exact) mass is 276 g/mol. The molecule has 1 atom stereocenters. The Labute approximate surface area is 112 Å². The molecule has 18 heavy (non-hydrogen) atoms. The van der Waals surface area contributed by atoms with Gasteiger partial charge in [0, 0.05) is 20.2 Å². The van der Waals surface area contributed by atoms with Gasteiger partial charge in [-0.05, 0) is 17.7 Å². The molecule has 0 fully saturated rings. The lowest BCUT2D eigenvalue weighted by atomic mass is 10.2. The normalized spacial score (nSPS) is 11.5. The van der Waals surface area contributed by atoms with Crippen molar-refractivity contribution < 1.29 is 13.9 Å². The molecular formula is C12H18ClFN2O2. The van der Waals surface area contributed by atoms with Gasteiger partial charge in [-0.3, -0.25) is 4.79 Å². The van der Waals surface area contributed by atoms with E-state index in [1.54, 1.807) is 12.1 Å². The van der Waals surface area contributed by atoms with E-state index in [1.807, 2.05) is 0 Å². The summed E-state index contributed by atoms with van der Waals surface area (Å²) >= 11 is 0. The number of ether oxygens (including phenoxy) is 1. The molecule has 0 aliphatic rings. The average Bonchev–Trinajstić information content (AvgIpc) is 2.35. The van der Waals surface area contributed by atoms with Crippen molar-refractivity contribution in [3.63, 3.8) is 0 Å². The minimum Gasteiger partial charge on any atom is -0.380 e. The number of carbonyl (C=O) groups excluding carboxylic acids is 1. The van der Waals surface area contributed by atoms with Crippen molar-refractivity contribution in [2.75, 3.05) is 13.7 Å². The zero-order chi connectivity index (χ0) is 12.7. The quantitative estimate of drug-likeness (QED) is 0.821. The van der Waals surface area contributed by atoms with Gasteiger partial charge >= 0.3 is 0 Å². The fourth-order valence-corrected chi connectivity index (χ4v) is 1.34. The molecule has 3 N–H and O–H groups in total. The summed E-state index contributed by atoms with van der Waals surface area (Å²) in [5.41, 5.74) is 6.26. The summed E-state index contributed by atoms with van der Waals surface area (Å²) in [5.74, 6) is -0.422. The van der Waals surface area contributed by atoms with Gasteiger partial charge in [-0.15, -0.1) is 12.4 Å². The Morgan fingerprint density at radius 2 is 2.06 bits per heavy atom. The van der Waals surface area contributed by atoms with Gasteiger partial charge in [0.2, 0.25) is 5.91 Å². The van der Waals surface area contributed by atoms with Crippen LogP contribution in [0.4, 0.5) is 4.39 Å². The van der Waals surface area contributed by atoms with Crippen molar-refractivity contribution >= 4 is 18.3 Å². The first-order valence-corrected chi connectivity index (χ1v) is 5.39. The number of nitrogens with one attached hydrogen (secondary N) is 1. The third-order valence-corrected chi connectivity index (χ3v) is 2.41. The highest BCUT2D eigenvalue weighted by Crippen LogP contribution is 2.02. The first-order chi connectivity index (χ1) is 8.15. The Morgan fingerprint density at radius 1 is 1.44 bits per heavy atom. The molecule has 1 aromatic rings. The number of rotatable bonds is 6. The lowest BCUT2D eigenvalue weighted by molar-refractivity contribution is -0.123. The van der Waals surface area contributed by atoms with Crippen molar-refractivity contribution in [3.8, 4) is 0 Å². The fourth-order valence-electron chi connectivity index (χ4n) is 1.34. The first-order valence-electron chi connectivity index (χ1n) is 5.39. The average molecular weight is 277 g/mol. The van der Waals surface area contributed by atoms with Gasteiger partial charge in [-0.2, -0.15) is 0 Å². The summed E-state index contributed by atoms with van der Waals surface area (Å²) in [4.78, 5) is 11.5. The molecule has 6 heteroatoms. The number of methoxy groups -OCH3 is 1. The van der Waals surface area contributed by atoms with E-state index in [1.165, 1.54) is 19.2 Å². The van der Waals surface area contributed by atoms with Crippen molar-refractivity contribution in [1.29, 1.82) is 0 Å². The minimum absolute atomic E-state index is 0. The Hall–Kier alpha value is -1.17. The first kappa shape index (κ1) is 16.8. The van der Waals surface area contributed by atoms with Crippen LogP contribution < -0.4 is 11.1 Å². The molecule has 1 rings (SSSR count). The second kappa shape index (κ2) is 8.85. The van der Waals surface area contributed by atoms with E-state index >= 15 is 0 Å². The Balaban J connectivity index is 0.00000289. The molecule has 102 valence electrons. The molecule has 1 amide bonds. The zero-order valence-corrected chi connectivity index (χ0v) is 11.0. The van der Waals surface area contributed by atoms with Gasteiger partial charge in [-0.1, -0.05) is 12.1 Å². The number of amides is 1. The number of carbonyl (C=O) groups is 1. The standard InChI is InChI=1S/C12H17FN2O2.ClH/c1-17-11(7-14)6-12(16)15-8-9-2-4-10(13)5-3-9;/h2-5,11H,6-8,14H2,1H3,(H,15,16);1H. The summed E-state index contributed by atoms with van der Waals surface area (Å²) in [6, 6.07) is 5.98. The van der Waals surface area contributed by atoms with Gasteiger partial charge in [0.15, 0.2) is 0 Å². The molecule has 0 bridgehead atoms. The van der Waals surface area contributed by atoms with Gasteiger partial charge in [0.25, 0.3) is 0 Å². The highest BCUT2D eigenvalue weighted by Gasteiger charge is 2.10. The summed E-state index contributed by atoms with van der Waals surface area (Å²) in [6.07, 6.45) is -0.0306. The van der Waals surface area contributed by atoms with Crippen LogP contribution in [0.1, 0.15) is 12.0 Å². The molecule has 0 aromatic heterocycles. The summed E-state index contributed by atoms with van der Waals surface area (Å²) in [6.45, 7) is 0.681. The summed E-state index contributed by atoms with van der Waals surface area (Å²) in [7, 11) is 1.52. The largest absolute Gasteiger partial charge is 0.380 e. The Kier molecular flexibility index (Phi) is 8.28. The second-order valence-corrected chi connectivity index (χ2v) is 3.70. The number of nitrogens with two attached hydrogens (primary N) is 1. The number of benzene rings is 1. The molecule has 1 unspecified atom stereocenters. The Morgan fingerprint density at radius 3 is 2.56 bits per heavy atom. The molecule has 0 heterocycles. The van der Waals surface area contributed by atoms with Crippen LogP contribution in [0.15, 0.2) is 24.3 Å². The topological polar surface area (TPSA) is 64.3 Å². The van der Waals surface area contributed by atoms with Crippen LogP contribution in [-0.4, -0.2) is 25.7 Å². The number of hydrogen-bond donors (Lipinski definition) is 2. The summed E-state index contributed by atoms with van der Waals surface area (Å²) < 4.78 is 17.6. The van der Waals surface area contributed by atoms with Crippen LogP contribution in [0.3, 0.4) is 0 Å². The maximum atomic E-state index is 12.6. The van der Waals surface area contributed by atoms with Crippen LogP contribution in [0.5, 0.6) is 0 Å². The molecule has 0 saturated heterocycles. The maximum Gasteiger partial charge on any atom is 0.222 e. The molecule has 0 aliphatic carbocycles. The lowest BCUT2D eigenvalue weighted by Gasteiger charge is -2.12. The van der Waals surface area contributed by atoms with E-state index in [-0.39, 0.29) is 36.7 Å². The van der Waals surface area contributed by atoms with Crippen LogP contribution in [0.2, 0.25) is 0 Å². The Bertz CT molecular complexity index is 356. The number of halogens is 2. The maximum absolute atomic E-state index is 12.6. The predicted octanol–water partition coefficient (Wildman–Crippen LogP) is 1.23. The predicted molar refractivity (Wildman–Crippen MR) is 70.0 cm³/mol. The van der Waals surface area contributed by atoms with Crippen molar-refractivity contribution in [1.82, 2.24) is 5.32 Å². The van der Waals surface area contributed by atoms with Crippen LogP contribution in [0.25, 0.3) is 0 Å². The van der Waals surface area contributed by atoms with Crippen molar-refractivity contribution in [2.24, 2.45) is 5.73 Å². The molecule has 1 aromatic carbocycles. The molecule has 0 aliphatic heterocycles. The minimum atomic E-state index is -0.289. The van der Waals surface area contributed by atoms with Crippen molar-refractivity contribution in [2.45, 2.75) is 19.1 Å². The van der Waals surface area contributed by atoms with E-state index in [0.29, 0.717) is 13.1 Å². The van der Waals surface area contributed by atoms with Crippen LogP contribution >= 0.6 is 12.4 Å². The van der Waals surface area contributed by atoms with Gasteiger partial charge in [0.05, 0.1) is 12.5 Å². The van der Waals surface area contributed by atoms with Crippen LogP contribution in [-0.2, 0) is 16.1 Å². The molecular weight excluding hydrogens is 259 g/mol. The smallest absolute Gasteiger partial charge is 0.222 e. The molecule has 0 spiro atoms. The van der Waals surface area contributed by atoms with E-state index in [4.69, 9.17) is 10.5 Å². The van der Waals surface area contributed by atoms with Gasteiger partial charge < -0.3 is 15.8 Å². The highest BCUT2D eigenvalue weighted by molar-refractivity contribution is 5.85. The highest BCUT2D eigenvalue weighted by atomic mass is 35.5. The van der Waals surface area contributed by atoms with Crippen LogP contribution in [0, 0.1) is 5.82 Å².